The smallest absolute Gasteiger partial charge is 0.133 e. The predicted octanol–water partition coefficient (Wildman–Crippen LogP) is 3.20. The molecule has 0 aliphatic heterocycles. The van der Waals surface area contributed by atoms with Crippen molar-refractivity contribution in [2.45, 2.75) is 40.0 Å². The number of allylic oxidation sites excluding steroid dienone is 2. The lowest BCUT2D eigenvalue weighted by Crippen LogP contribution is -2.28. The van der Waals surface area contributed by atoms with Gasteiger partial charge in [-0.1, -0.05) is 11.6 Å². The molecule has 14 heavy (non-hydrogen) atoms. The van der Waals surface area contributed by atoms with Crippen LogP contribution in [0.25, 0.3) is 0 Å². The lowest BCUT2D eigenvalue weighted by atomic mass is 9.74. The monoisotopic (exact) mass is 192 g/mol. The Kier molecular flexibility index (Phi) is 2.50. The lowest BCUT2D eigenvalue weighted by molar-refractivity contribution is -0.123. The maximum atomic E-state index is 11.6. The topological polar surface area (TPSA) is 17.1 Å². The van der Waals surface area contributed by atoms with E-state index >= 15 is 0 Å². The lowest BCUT2D eigenvalue weighted by Gasteiger charge is -2.30. The summed E-state index contributed by atoms with van der Waals surface area (Å²) in [6.07, 6.45) is 6.15. The molecule has 1 nitrogen and oxygen atoms in total. The van der Waals surface area contributed by atoms with E-state index < -0.39 is 0 Å². The molecule has 2 rings (SSSR count). The number of hydrogen-bond acceptors (Lipinski definition) is 1. The number of hydrogen-bond donors (Lipinski definition) is 0. The van der Waals surface area contributed by atoms with Gasteiger partial charge in [-0.15, -0.1) is 0 Å². The molecule has 2 bridgehead atoms. The van der Waals surface area contributed by atoms with Gasteiger partial charge >= 0.3 is 0 Å². The minimum atomic E-state index is 0.352. The number of Topliss-reactive ketones (excluding diaryl/α,β-unsaturated/α-hetero) is 1. The summed E-state index contributed by atoms with van der Waals surface area (Å²) in [5, 5.41) is 0. The Morgan fingerprint density at radius 2 is 1.71 bits per heavy atom. The Balaban J connectivity index is 2.26. The van der Waals surface area contributed by atoms with Crippen LogP contribution in [0, 0.1) is 23.7 Å². The van der Waals surface area contributed by atoms with E-state index in [9.17, 15) is 4.79 Å². The van der Waals surface area contributed by atoms with E-state index in [4.69, 9.17) is 0 Å². The molecule has 4 atom stereocenters. The third-order valence-corrected chi connectivity index (χ3v) is 4.37. The van der Waals surface area contributed by atoms with Crippen molar-refractivity contribution in [1.82, 2.24) is 0 Å². The molecule has 0 spiro atoms. The van der Waals surface area contributed by atoms with Gasteiger partial charge in [0.15, 0.2) is 0 Å². The highest BCUT2D eigenvalue weighted by Gasteiger charge is 2.49. The van der Waals surface area contributed by atoms with Crippen LogP contribution in [0.3, 0.4) is 0 Å². The molecule has 78 valence electrons. The first kappa shape index (κ1) is 9.95. The summed E-state index contributed by atoms with van der Waals surface area (Å²) in [6, 6.07) is 0. The number of ketones is 1. The second kappa shape index (κ2) is 3.52. The van der Waals surface area contributed by atoms with Gasteiger partial charge in [-0.3, -0.25) is 4.79 Å². The SMILES string of the molecule is C/C=C(\C)[C@H]1C2CCC(C2)C1C(C)=O. The van der Waals surface area contributed by atoms with E-state index in [1.807, 2.05) is 0 Å². The van der Waals surface area contributed by atoms with Crippen LogP contribution in [0.15, 0.2) is 11.6 Å². The van der Waals surface area contributed by atoms with Crippen LogP contribution in [-0.2, 0) is 4.79 Å². The van der Waals surface area contributed by atoms with Crippen LogP contribution in [0.1, 0.15) is 40.0 Å². The Hall–Kier alpha value is -0.590. The average Bonchev–Trinajstić information content (AvgIpc) is 2.74. The van der Waals surface area contributed by atoms with E-state index in [0.717, 1.165) is 5.92 Å². The predicted molar refractivity (Wildman–Crippen MR) is 57.9 cm³/mol. The Morgan fingerprint density at radius 1 is 1.14 bits per heavy atom. The summed E-state index contributed by atoms with van der Waals surface area (Å²) in [4.78, 5) is 11.6. The summed E-state index contributed by atoms with van der Waals surface area (Å²) in [5.41, 5.74) is 1.44. The first-order valence-corrected chi connectivity index (χ1v) is 5.78. The molecule has 0 aromatic rings. The molecule has 2 aliphatic rings. The van der Waals surface area contributed by atoms with E-state index in [1.165, 1.54) is 24.8 Å². The number of carbonyl (C=O) groups is 1. The Labute approximate surface area is 86.6 Å². The molecule has 0 heterocycles. The number of carbonyl (C=O) groups excluding carboxylic acids is 1. The van der Waals surface area contributed by atoms with Gasteiger partial charge in [-0.2, -0.15) is 0 Å². The molecular formula is C13H20O. The Morgan fingerprint density at radius 3 is 2.21 bits per heavy atom. The fourth-order valence-electron chi connectivity index (χ4n) is 3.72. The van der Waals surface area contributed by atoms with E-state index in [2.05, 4.69) is 19.9 Å². The summed E-state index contributed by atoms with van der Waals surface area (Å²) < 4.78 is 0. The van der Waals surface area contributed by atoms with Crippen LogP contribution >= 0.6 is 0 Å². The molecule has 0 aromatic carbocycles. The molecule has 0 amide bonds. The van der Waals surface area contributed by atoms with Gasteiger partial charge in [0.2, 0.25) is 0 Å². The van der Waals surface area contributed by atoms with Gasteiger partial charge in [0.25, 0.3) is 0 Å². The molecule has 0 radical (unpaired) electrons. The molecule has 2 saturated carbocycles. The van der Waals surface area contributed by atoms with Crippen molar-refractivity contribution < 1.29 is 4.79 Å². The van der Waals surface area contributed by atoms with Crippen molar-refractivity contribution in [2.24, 2.45) is 23.7 Å². The normalized spacial score (nSPS) is 41.8. The first-order chi connectivity index (χ1) is 6.65. The maximum Gasteiger partial charge on any atom is 0.133 e. The van der Waals surface area contributed by atoms with E-state index in [1.54, 1.807) is 6.92 Å². The molecular weight excluding hydrogens is 172 g/mol. The zero-order chi connectivity index (χ0) is 10.3. The zero-order valence-electron chi connectivity index (χ0n) is 9.42. The van der Waals surface area contributed by atoms with Crippen LogP contribution in [0.5, 0.6) is 0 Å². The Bertz CT molecular complexity index is 277. The van der Waals surface area contributed by atoms with Crippen LogP contribution in [0.2, 0.25) is 0 Å². The molecule has 1 heteroatoms. The molecule has 2 fully saturated rings. The van der Waals surface area contributed by atoms with Gasteiger partial charge in [0, 0.05) is 5.92 Å². The largest absolute Gasteiger partial charge is 0.300 e. The molecule has 3 unspecified atom stereocenters. The zero-order valence-corrected chi connectivity index (χ0v) is 9.42. The van der Waals surface area contributed by atoms with Crippen molar-refractivity contribution in [3.63, 3.8) is 0 Å². The van der Waals surface area contributed by atoms with Crippen molar-refractivity contribution in [3.05, 3.63) is 11.6 Å². The van der Waals surface area contributed by atoms with Crippen LogP contribution in [-0.4, -0.2) is 5.78 Å². The minimum Gasteiger partial charge on any atom is -0.300 e. The summed E-state index contributed by atoms with van der Waals surface area (Å²) in [6.45, 7) is 6.07. The van der Waals surface area contributed by atoms with Gasteiger partial charge in [0.1, 0.15) is 5.78 Å². The van der Waals surface area contributed by atoms with Crippen molar-refractivity contribution in [2.75, 3.05) is 0 Å². The highest BCUT2D eigenvalue weighted by atomic mass is 16.1. The average molecular weight is 192 g/mol. The van der Waals surface area contributed by atoms with Gasteiger partial charge in [0.05, 0.1) is 0 Å². The molecule has 2 aliphatic carbocycles. The third kappa shape index (κ3) is 1.34. The van der Waals surface area contributed by atoms with Crippen LogP contribution < -0.4 is 0 Å². The fraction of sp³-hybridized carbons (Fsp3) is 0.769. The van der Waals surface area contributed by atoms with Crippen molar-refractivity contribution in [3.8, 4) is 0 Å². The summed E-state index contributed by atoms with van der Waals surface area (Å²) in [5.74, 6) is 2.87. The van der Waals surface area contributed by atoms with Crippen LogP contribution in [0.4, 0.5) is 0 Å². The second-order valence-electron chi connectivity index (χ2n) is 5.03. The van der Waals surface area contributed by atoms with Crippen molar-refractivity contribution >= 4 is 5.78 Å². The van der Waals surface area contributed by atoms with Gasteiger partial charge in [-0.05, 0) is 57.8 Å². The second-order valence-corrected chi connectivity index (χ2v) is 5.03. The highest BCUT2D eigenvalue weighted by molar-refractivity contribution is 5.80. The maximum absolute atomic E-state index is 11.6. The molecule has 0 N–H and O–H groups in total. The summed E-state index contributed by atoms with van der Waals surface area (Å²) >= 11 is 0. The fourth-order valence-corrected chi connectivity index (χ4v) is 3.72. The quantitative estimate of drug-likeness (QED) is 0.614. The highest BCUT2D eigenvalue weighted by Crippen LogP contribution is 2.54. The van der Waals surface area contributed by atoms with E-state index in [0.29, 0.717) is 23.5 Å². The first-order valence-electron chi connectivity index (χ1n) is 5.78. The van der Waals surface area contributed by atoms with Gasteiger partial charge < -0.3 is 0 Å². The minimum absolute atomic E-state index is 0.352. The van der Waals surface area contributed by atoms with Crippen molar-refractivity contribution in [1.29, 1.82) is 0 Å². The standard InChI is InChI=1S/C13H20O/c1-4-8(2)12-10-5-6-11(7-10)13(12)9(3)14/h4,10-13H,5-7H2,1-3H3/b8-4+/t10?,11?,12-,13?/m0/s1. The van der Waals surface area contributed by atoms with Gasteiger partial charge in [-0.25, -0.2) is 0 Å². The number of fused-ring (bicyclic) bond motifs is 2. The summed E-state index contributed by atoms with van der Waals surface area (Å²) in [7, 11) is 0. The third-order valence-electron chi connectivity index (χ3n) is 4.37. The molecule has 0 saturated heterocycles. The van der Waals surface area contributed by atoms with E-state index in [-0.39, 0.29) is 0 Å². The molecule has 0 aromatic heterocycles. The number of rotatable bonds is 2.